The number of para-hydroxylation sites is 1. The van der Waals surface area contributed by atoms with Crippen LogP contribution in [0.3, 0.4) is 0 Å². The van der Waals surface area contributed by atoms with Crippen molar-refractivity contribution in [3.63, 3.8) is 0 Å². The molecule has 0 atom stereocenters. The van der Waals surface area contributed by atoms with Gasteiger partial charge >= 0.3 is 0 Å². The number of fused-ring (bicyclic) bond motifs is 1. The molecular formula is C14H10ClN5S. The van der Waals surface area contributed by atoms with Crippen LogP contribution in [-0.4, -0.2) is 25.0 Å². The highest BCUT2D eigenvalue weighted by molar-refractivity contribution is 7.98. The molecule has 0 amide bonds. The lowest BCUT2D eigenvalue weighted by Gasteiger charge is -2.02. The predicted octanol–water partition coefficient (Wildman–Crippen LogP) is 3.12. The Morgan fingerprint density at radius 1 is 1.10 bits per heavy atom. The van der Waals surface area contributed by atoms with E-state index >= 15 is 0 Å². The molecule has 0 aliphatic carbocycles. The quantitative estimate of drug-likeness (QED) is 0.680. The molecule has 7 heteroatoms. The summed E-state index contributed by atoms with van der Waals surface area (Å²) in [6.07, 6.45) is 1.66. The minimum atomic E-state index is 0.522. The largest absolute Gasteiger partial charge is 0.230 e. The topological polar surface area (TPSA) is 56.5 Å². The summed E-state index contributed by atoms with van der Waals surface area (Å²) in [7, 11) is 0. The fraction of sp³-hybridized carbons (Fsp3) is 0.143. The summed E-state index contributed by atoms with van der Waals surface area (Å²) in [6.45, 7) is 0. The number of nitrogens with zero attached hydrogens (tertiary/aromatic N) is 5. The van der Waals surface area contributed by atoms with Gasteiger partial charge in [0.1, 0.15) is 5.15 Å². The van der Waals surface area contributed by atoms with Gasteiger partial charge in [-0.05, 0) is 12.1 Å². The first kappa shape index (κ1) is 12.8. The van der Waals surface area contributed by atoms with Crippen molar-refractivity contribution in [3.8, 4) is 17.2 Å². The number of rotatable bonds is 2. The van der Waals surface area contributed by atoms with Crippen LogP contribution in [0.15, 0.2) is 36.5 Å². The number of hydrogen-bond acceptors (Lipinski definition) is 5. The van der Waals surface area contributed by atoms with Crippen molar-refractivity contribution in [1.82, 2.24) is 25.0 Å². The molecule has 0 unspecified atom stereocenters. The Morgan fingerprint density at radius 3 is 2.81 bits per heavy atom. The minimum absolute atomic E-state index is 0.522. The molecule has 4 rings (SSSR count). The van der Waals surface area contributed by atoms with E-state index < -0.39 is 0 Å². The Kier molecular flexibility index (Phi) is 3.12. The van der Waals surface area contributed by atoms with E-state index in [1.807, 2.05) is 30.3 Å². The molecule has 0 N–H and O–H groups in total. The van der Waals surface area contributed by atoms with Crippen LogP contribution < -0.4 is 0 Å². The van der Waals surface area contributed by atoms with Crippen LogP contribution in [0.25, 0.3) is 17.2 Å². The van der Waals surface area contributed by atoms with Gasteiger partial charge in [-0.25, -0.2) is 9.97 Å². The minimum Gasteiger partial charge on any atom is -0.230 e. The average Bonchev–Trinajstić information content (AvgIpc) is 3.17. The summed E-state index contributed by atoms with van der Waals surface area (Å²) >= 11 is 8.02. The van der Waals surface area contributed by atoms with Gasteiger partial charge in [-0.15, -0.1) is 5.10 Å². The second-order valence-corrected chi connectivity index (χ2v) is 5.95. The third-order valence-corrected chi connectivity index (χ3v) is 4.52. The molecule has 5 nitrogen and oxygen atoms in total. The van der Waals surface area contributed by atoms with Crippen molar-refractivity contribution < 1.29 is 0 Å². The SMILES string of the molecule is Clc1nc(-c2cnn(-c3ccccc3)n2)nc2c1CSC2. The van der Waals surface area contributed by atoms with E-state index in [1.165, 1.54) is 0 Å². The molecule has 21 heavy (non-hydrogen) atoms. The van der Waals surface area contributed by atoms with Crippen molar-refractivity contribution in [2.24, 2.45) is 0 Å². The summed E-state index contributed by atoms with van der Waals surface area (Å²) in [5.74, 6) is 2.28. The van der Waals surface area contributed by atoms with Crippen LogP contribution in [0.5, 0.6) is 0 Å². The van der Waals surface area contributed by atoms with E-state index in [-0.39, 0.29) is 0 Å². The smallest absolute Gasteiger partial charge is 0.183 e. The molecule has 104 valence electrons. The maximum atomic E-state index is 6.23. The third-order valence-electron chi connectivity index (χ3n) is 3.24. The first-order valence-electron chi connectivity index (χ1n) is 6.42. The maximum Gasteiger partial charge on any atom is 0.183 e. The monoisotopic (exact) mass is 315 g/mol. The zero-order valence-corrected chi connectivity index (χ0v) is 12.5. The fourth-order valence-corrected chi connectivity index (χ4v) is 3.55. The summed E-state index contributed by atoms with van der Waals surface area (Å²) in [5, 5.41) is 9.22. The van der Waals surface area contributed by atoms with Gasteiger partial charge in [0.25, 0.3) is 0 Å². The van der Waals surface area contributed by atoms with Crippen molar-refractivity contribution in [3.05, 3.63) is 52.9 Å². The normalized spacial score (nSPS) is 13.4. The Morgan fingerprint density at radius 2 is 1.95 bits per heavy atom. The molecule has 0 fully saturated rings. The predicted molar refractivity (Wildman–Crippen MR) is 82.4 cm³/mol. The van der Waals surface area contributed by atoms with Gasteiger partial charge in [-0.2, -0.15) is 21.7 Å². The van der Waals surface area contributed by atoms with Crippen molar-refractivity contribution >= 4 is 23.4 Å². The fourth-order valence-electron chi connectivity index (χ4n) is 2.18. The van der Waals surface area contributed by atoms with Crippen LogP contribution in [-0.2, 0) is 11.5 Å². The molecule has 0 spiro atoms. The van der Waals surface area contributed by atoms with Gasteiger partial charge in [0.2, 0.25) is 0 Å². The highest BCUT2D eigenvalue weighted by Gasteiger charge is 2.20. The van der Waals surface area contributed by atoms with Crippen LogP contribution in [0.4, 0.5) is 0 Å². The number of halogens is 1. The summed E-state index contributed by atoms with van der Waals surface area (Å²) < 4.78 is 0. The third kappa shape index (κ3) is 2.30. The van der Waals surface area contributed by atoms with Crippen LogP contribution >= 0.6 is 23.4 Å². The Hall–Kier alpha value is -1.92. The summed E-state index contributed by atoms with van der Waals surface area (Å²) in [4.78, 5) is 10.5. The van der Waals surface area contributed by atoms with E-state index in [0.717, 1.165) is 28.5 Å². The van der Waals surface area contributed by atoms with Gasteiger partial charge in [0.05, 0.1) is 17.6 Å². The molecule has 1 aliphatic rings. The summed E-state index contributed by atoms with van der Waals surface area (Å²) in [6, 6.07) is 9.72. The molecule has 0 radical (unpaired) electrons. The van der Waals surface area contributed by atoms with Crippen molar-refractivity contribution in [2.45, 2.75) is 11.5 Å². The van der Waals surface area contributed by atoms with Gasteiger partial charge < -0.3 is 0 Å². The first-order chi connectivity index (χ1) is 10.3. The number of aromatic nitrogens is 5. The molecule has 3 heterocycles. The zero-order chi connectivity index (χ0) is 14.2. The molecule has 0 saturated heterocycles. The Labute approximate surface area is 130 Å². The average molecular weight is 316 g/mol. The van der Waals surface area contributed by atoms with E-state index in [9.17, 15) is 0 Å². The Bertz CT molecular complexity index is 802. The van der Waals surface area contributed by atoms with E-state index in [4.69, 9.17) is 11.6 Å². The molecule has 1 aromatic carbocycles. The number of hydrogen-bond donors (Lipinski definition) is 0. The van der Waals surface area contributed by atoms with E-state index in [2.05, 4.69) is 20.2 Å². The first-order valence-corrected chi connectivity index (χ1v) is 7.96. The molecular weight excluding hydrogens is 306 g/mol. The molecule has 0 saturated carbocycles. The highest BCUT2D eigenvalue weighted by Crippen LogP contribution is 2.33. The maximum absolute atomic E-state index is 6.23. The number of benzene rings is 1. The highest BCUT2D eigenvalue weighted by atomic mass is 35.5. The van der Waals surface area contributed by atoms with Gasteiger partial charge in [0, 0.05) is 17.1 Å². The second-order valence-electron chi connectivity index (χ2n) is 4.61. The van der Waals surface area contributed by atoms with Crippen LogP contribution in [0.1, 0.15) is 11.3 Å². The van der Waals surface area contributed by atoms with E-state index in [1.54, 1.807) is 22.8 Å². The molecule has 1 aliphatic heterocycles. The van der Waals surface area contributed by atoms with Crippen LogP contribution in [0.2, 0.25) is 5.15 Å². The van der Waals surface area contributed by atoms with Gasteiger partial charge in [-0.1, -0.05) is 29.8 Å². The molecule has 2 aromatic heterocycles. The lowest BCUT2D eigenvalue weighted by molar-refractivity contribution is 0.752. The standard InChI is InChI=1S/C14H10ClN5S/c15-13-10-7-21-8-12(10)17-14(18-13)11-6-16-20(19-11)9-4-2-1-3-5-9/h1-6H,7-8H2. The van der Waals surface area contributed by atoms with Crippen molar-refractivity contribution in [1.29, 1.82) is 0 Å². The van der Waals surface area contributed by atoms with Gasteiger partial charge in [0.15, 0.2) is 11.5 Å². The molecule has 0 bridgehead atoms. The zero-order valence-electron chi connectivity index (χ0n) is 10.9. The van der Waals surface area contributed by atoms with E-state index in [0.29, 0.717) is 16.7 Å². The van der Waals surface area contributed by atoms with Gasteiger partial charge in [-0.3, -0.25) is 0 Å². The van der Waals surface area contributed by atoms with Crippen LogP contribution in [0, 0.1) is 0 Å². The van der Waals surface area contributed by atoms with Crippen molar-refractivity contribution in [2.75, 3.05) is 0 Å². The lowest BCUT2D eigenvalue weighted by Crippen LogP contribution is -2.00. The second kappa shape index (κ2) is 5.13. The Balaban J connectivity index is 1.75. The summed E-state index contributed by atoms with van der Waals surface area (Å²) in [5.41, 5.74) is 3.57. The lowest BCUT2D eigenvalue weighted by atomic mass is 10.2. The molecule has 3 aromatic rings. The number of thioether (sulfide) groups is 1.